The molecule has 0 radical (unpaired) electrons. The minimum absolute atomic E-state index is 0.378. The van der Waals surface area contributed by atoms with Gasteiger partial charge in [-0.3, -0.25) is 4.79 Å². The Morgan fingerprint density at radius 1 is 1.29 bits per heavy atom. The van der Waals surface area contributed by atoms with Crippen LogP contribution in [0, 0.1) is 11.8 Å². The third-order valence-electron chi connectivity index (χ3n) is 3.35. The average molecular weight is 214 g/mol. The quantitative estimate of drug-likeness (QED) is 0.706. The van der Waals surface area contributed by atoms with Crippen LogP contribution in [0.1, 0.15) is 51.9 Å². The second-order valence-electron chi connectivity index (χ2n) is 4.38. The fourth-order valence-corrected chi connectivity index (χ4v) is 2.92. The van der Waals surface area contributed by atoms with Crippen molar-refractivity contribution in [3.63, 3.8) is 0 Å². The standard InChI is InChI=1S/C12H22OS/c1-3-4-5-10-6-8-11(9-7-10)12(13)14-2/h10-11H,3-9H2,1-2H3. The van der Waals surface area contributed by atoms with Crippen LogP contribution in [0.2, 0.25) is 0 Å². The van der Waals surface area contributed by atoms with Crippen LogP contribution in [-0.2, 0) is 4.79 Å². The maximum absolute atomic E-state index is 11.5. The van der Waals surface area contributed by atoms with Gasteiger partial charge >= 0.3 is 0 Å². The van der Waals surface area contributed by atoms with Gasteiger partial charge in [-0.15, -0.1) is 0 Å². The molecule has 82 valence electrons. The first-order chi connectivity index (χ1) is 6.77. The molecule has 1 saturated carbocycles. The highest BCUT2D eigenvalue weighted by Gasteiger charge is 2.25. The molecule has 1 aliphatic carbocycles. The van der Waals surface area contributed by atoms with Crippen molar-refractivity contribution in [2.45, 2.75) is 51.9 Å². The van der Waals surface area contributed by atoms with Gasteiger partial charge in [-0.05, 0) is 37.9 Å². The molecule has 1 rings (SSSR count). The molecule has 0 aromatic carbocycles. The zero-order valence-electron chi connectivity index (χ0n) is 9.42. The van der Waals surface area contributed by atoms with Gasteiger partial charge in [-0.2, -0.15) is 0 Å². The zero-order valence-corrected chi connectivity index (χ0v) is 10.2. The lowest BCUT2D eigenvalue weighted by Gasteiger charge is -2.26. The van der Waals surface area contributed by atoms with E-state index >= 15 is 0 Å². The van der Waals surface area contributed by atoms with Crippen molar-refractivity contribution >= 4 is 16.9 Å². The first kappa shape index (κ1) is 12.1. The summed E-state index contributed by atoms with van der Waals surface area (Å²) in [6.07, 6.45) is 10.8. The van der Waals surface area contributed by atoms with Crippen LogP contribution < -0.4 is 0 Å². The first-order valence-electron chi connectivity index (χ1n) is 5.85. The highest BCUT2D eigenvalue weighted by molar-refractivity contribution is 8.13. The summed E-state index contributed by atoms with van der Waals surface area (Å²) in [5.74, 6) is 1.30. The molecule has 0 spiro atoms. The van der Waals surface area contributed by atoms with Gasteiger partial charge in [0.15, 0.2) is 5.12 Å². The summed E-state index contributed by atoms with van der Waals surface area (Å²) < 4.78 is 0. The Balaban J connectivity index is 2.20. The molecule has 14 heavy (non-hydrogen) atoms. The summed E-state index contributed by atoms with van der Waals surface area (Å²) in [5, 5.41) is 0.416. The monoisotopic (exact) mass is 214 g/mol. The molecule has 0 N–H and O–H groups in total. The Morgan fingerprint density at radius 3 is 2.43 bits per heavy atom. The van der Waals surface area contributed by atoms with Gasteiger partial charge < -0.3 is 0 Å². The molecule has 0 aliphatic heterocycles. The van der Waals surface area contributed by atoms with E-state index in [0.29, 0.717) is 11.0 Å². The Morgan fingerprint density at radius 2 is 1.93 bits per heavy atom. The fourth-order valence-electron chi connectivity index (χ4n) is 2.35. The molecular formula is C12H22OS. The van der Waals surface area contributed by atoms with E-state index in [1.165, 1.54) is 43.9 Å². The Kier molecular flexibility index (Phi) is 5.61. The van der Waals surface area contributed by atoms with Gasteiger partial charge in [-0.1, -0.05) is 37.9 Å². The molecule has 0 atom stereocenters. The van der Waals surface area contributed by atoms with Crippen LogP contribution in [0.3, 0.4) is 0 Å². The minimum atomic E-state index is 0.378. The average Bonchev–Trinajstić information content (AvgIpc) is 2.26. The van der Waals surface area contributed by atoms with Crippen LogP contribution in [0.15, 0.2) is 0 Å². The molecule has 1 fully saturated rings. The predicted octanol–water partition coefficient (Wildman–Crippen LogP) is 3.87. The lowest BCUT2D eigenvalue weighted by Crippen LogP contribution is -2.19. The summed E-state index contributed by atoms with van der Waals surface area (Å²) >= 11 is 1.41. The van der Waals surface area contributed by atoms with Crippen molar-refractivity contribution < 1.29 is 4.79 Å². The molecule has 0 saturated heterocycles. The van der Waals surface area contributed by atoms with Crippen LogP contribution in [0.4, 0.5) is 0 Å². The largest absolute Gasteiger partial charge is 0.287 e. The second-order valence-corrected chi connectivity index (χ2v) is 5.19. The molecule has 0 unspecified atom stereocenters. The van der Waals surface area contributed by atoms with Gasteiger partial charge in [0.05, 0.1) is 0 Å². The molecule has 1 nitrogen and oxygen atoms in total. The smallest absolute Gasteiger partial charge is 0.191 e. The van der Waals surface area contributed by atoms with E-state index in [1.54, 1.807) is 0 Å². The van der Waals surface area contributed by atoms with Gasteiger partial charge in [-0.25, -0.2) is 0 Å². The van der Waals surface area contributed by atoms with Crippen LogP contribution >= 0.6 is 11.8 Å². The summed E-state index contributed by atoms with van der Waals surface area (Å²) in [6, 6.07) is 0. The predicted molar refractivity (Wildman–Crippen MR) is 63.5 cm³/mol. The molecule has 2 heteroatoms. The van der Waals surface area contributed by atoms with E-state index in [0.717, 1.165) is 18.8 Å². The number of unbranched alkanes of at least 4 members (excludes halogenated alkanes) is 1. The fraction of sp³-hybridized carbons (Fsp3) is 0.917. The maximum atomic E-state index is 11.5. The highest BCUT2D eigenvalue weighted by atomic mass is 32.2. The summed E-state index contributed by atoms with van der Waals surface area (Å²) in [7, 11) is 0. The van der Waals surface area contributed by atoms with Crippen molar-refractivity contribution in [3.8, 4) is 0 Å². The minimum Gasteiger partial charge on any atom is -0.287 e. The molecule has 0 aromatic heterocycles. The van der Waals surface area contributed by atoms with Gasteiger partial charge in [0.2, 0.25) is 0 Å². The third-order valence-corrected chi connectivity index (χ3v) is 4.08. The molecule has 1 aliphatic rings. The Hall–Kier alpha value is 0.0200. The first-order valence-corrected chi connectivity index (χ1v) is 7.08. The Labute approximate surface area is 92.0 Å². The summed E-state index contributed by atoms with van der Waals surface area (Å²) in [6.45, 7) is 2.25. The normalized spacial score (nSPS) is 27.6. The van der Waals surface area contributed by atoms with E-state index in [-0.39, 0.29) is 0 Å². The van der Waals surface area contributed by atoms with Crippen molar-refractivity contribution in [1.82, 2.24) is 0 Å². The third kappa shape index (κ3) is 3.64. The lowest BCUT2D eigenvalue weighted by molar-refractivity contribution is -0.115. The lowest BCUT2D eigenvalue weighted by atomic mass is 9.80. The topological polar surface area (TPSA) is 17.1 Å². The van der Waals surface area contributed by atoms with E-state index in [1.807, 2.05) is 6.26 Å². The van der Waals surface area contributed by atoms with Crippen LogP contribution in [-0.4, -0.2) is 11.4 Å². The SMILES string of the molecule is CCCCC1CCC(C(=O)SC)CC1. The van der Waals surface area contributed by atoms with Crippen molar-refractivity contribution in [3.05, 3.63) is 0 Å². The van der Waals surface area contributed by atoms with Crippen LogP contribution in [0.25, 0.3) is 0 Å². The highest BCUT2D eigenvalue weighted by Crippen LogP contribution is 2.33. The number of hydrogen-bond acceptors (Lipinski definition) is 2. The number of carbonyl (C=O) groups excluding carboxylic acids is 1. The van der Waals surface area contributed by atoms with Crippen molar-refractivity contribution in [1.29, 1.82) is 0 Å². The molecular weight excluding hydrogens is 192 g/mol. The van der Waals surface area contributed by atoms with Crippen molar-refractivity contribution in [2.24, 2.45) is 11.8 Å². The molecule has 0 aromatic rings. The van der Waals surface area contributed by atoms with E-state index in [2.05, 4.69) is 6.92 Å². The molecule has 0 heterocycles. The van der Waals surface area contributed by atoms with Crippen LogP contribution in [0.5, 0.6) is 0 Å². The van der Waals surface area contributed by atoms with Gasteiger partial charge in [0.25, 0.3) is 0 Å². The molecule has 0 amide bonds. The van der Waals surface area contributed by atoms with E-state index in [4.69, 9.17) is 0 Å². The molecule has 0 bridgehead atoms. The number of hydrogen-bond donors (Lipinski definition) is 0. The number of carbonyl (C=O) groups is 1. The van der Waals surface area contributed by atoms with E-state index in [9.17, 15) is 4.79 Å². The second kappa shape index (κ2) is 6.49. The summed E-state index contributed by atoms with van der Waals surface area (Å²) in [4.78, 5) is 11.5. The van der Waals surface area contributed by atoms with Gasteiger partial charge in [0.1, 0.15) is 0 Å². The summed E-state index contributed by atoms with van der Waals surface area (Å²) in [5.41, 5.74) is 0. The van der Waals surface area contributed by atoms with E-state index < -0.39 is 0 Å². The van der Waals surface area contributed by atoms with Gasteiger partial charge in [0, 0.05) is 5.92 Å². The number of rotatable bonds is 4. The maximum Gasteiger partial charge on any atom is 0.191 e. The zero-order chi connectivity index (χ0) is 10.4. The number of thioether (sulfide) groups is 1. The Bertz CT molecular complexity index is 171. The van der Waals surface area contributed by atoms with Crippen molar-refractivity contribution in [2.75, 3.05) is 6.26 Å².